The van der Waals surface area contributed by atoms with Gasteiger partial charge in [-0.05, 0) is 93.6 Å². The second-order valence-electron chi connectivity index (χ2n) is 13.5. The zero-order valence-corrected chi connectivity index (χ0v) is 27.3. The van der Waals surface area contributed by atoms with Crippen LogP contribution >= 0.6 is 0 Å². The van der Waals surface area contributed by atoms with E-state index in [9.17, 15) is 0 Å². The maximum absolute atomic E-state index is 5.28. The summed E-state index contributed by atoms with van der Waals surface area (Å²) in [6.07, 6.45) is 8.43. The summed E-state index contributed by atoms with van der Waals surface area (Å²) in [5.74, 6) is 0. The molecule has 4 heteroatoms. The van der Waals surface area contributed by atoms with Crippen LogP contribution in [0.15, 0.2) is 151 Å². The van der Waals surface area contributed by atoms with Crippen molar-refractivity contribution in [1.29, 1.82) is 0 Å². The summed E-state index contributed by atoms with van der Waals surface area (Å²) >= 11 is 0. The maximum Gasteiger partial charge on any atom is 0.200 e. The molecule has 0 saturated carbocycles. The molecule has 0 radical (unpaired) electrons. The molecule has 4 nitrogen and oxygen atoms in total. The fourth-order valence-corrected chi connectivity index (χ4v) is 8.60. The largest absolute Gasteiger partial charge is 0.346 e. The van der Waals surface area contributed by atoms with Crippen LogP contribution in [0.2, 0.25) is 0 Å². The molecule has 236 valence electrons. The highest BCUT2D eigenvalue weighted by atomic mass is 15.3. The Morgan fingerprint density at radius 1 is 0.620 bits per heavy atom. The molecule has 1 aliphatic carbocycles. The van der Waals surface area contributed by atoms with Crippen molar-refractivity contribution in [2.45, 2.75) is 19.1 Å². The van der Waals surface area contributed by atoms with Crippen LogP contribution in [-0.4, -0.2) is 15.3 Å². The number of aryl methyl sites for hydroxylation is 1. The van der Waals surface area contributed by atoms with E-state index in [1.54, 1.807) is 0 Å². The molecule has 0 bridgehead atoms. The summed E-state index contributed by atoms with van der Waals surface area (Å²) in [6.45, 7) is 0. The van der Waals surface area contributed by atoms with Crippen LogP contribution in [0.1, 0.15) is 29.5 Å². The number of fused-ring (bicyclic) bond motifs is 12. The quantitative estimate of drug-likeness (QED) is 0.205. The van der Waals surface area contributed by atoms with Crippen molar-refractivity contribution < 1.29 is 0 Å². The molecular weight excluding hydrogens is 609 g/mol. The van der Waals surface area contributed by atoms with Crippen molar-refractivity contribution in [3.05, 3.63) is 162 Å². The Kier molecular flexibility index (Phi) is 5.81. The maximum atomic E-state index is 5.28. The molecule has 0 saturated heterocycles. The van der Waals surface area contributed by atoms with Crippen LogP contribution in [0.25, 0.3) is 77.1 Å². The van der Waals surface area contributed by atoms with Gasteiger partial charge in [-0.3, -0.25) is 4.57 Å². The minimum Gasteiger partial charge on any atom is -0.346 e. The van der Waals surface area contributed by atoms with E-state index >= 15 is 0 Å². The number of nitrogens with one attached hydrogen (secondary N) is 1. The summed E-state index contributed by atoms with van der Waals surface area (Å²) < 4.78 is 4.95. The molecule has 2 aliphatic rings. The molecule has 0 fully saturated rings. The fourth-order valence-electron chi connectivity index (χ4n) is 8.60. The standard InChI is InChI=1S/C46H32N4/c1-2-14-34(15-3-1)49-40-20-10-8-18-37(40)42-35-16-6-7-17-36(35)43-38-19-9-11-21-41(38)50(45(43)44(42)49)46-47-28-33-27-32(24-25-39(33)48-46)31-23-22-29-12-4-5-13-30(29)26-31/h1-8,10-18,20-28,46,48H,9,19H2. The SMILES string of the molecule is C1=Cc2c(c3c4ccccc4c4c5ccccc5n(-c5ccccc5)c4c3n2C2N=Cc3cc(-c4ccc5ccccc5c4)ccc3N2)CC1. The number of nitrogens with zero attached hydrogens (tertiary/aromatic N) is 3. The Bertz CT molecular complexity index is 2900. The summed E-state index contributed by atoms with van der Waals surface area (Å²) in [5.41, 5.74) is 12.0. The van der Waals surface area contributed by atoms with Crippen LogP contribution in [0.4, 0.5) is 5.69 Å². The number of benzene rings is 7. The van der Waals surface area contributed by atoms with E-state index in [0.29, 0.717) is 0 Å². The fraction of sp³-hybridized carbons (Fsp3) is 0.0652. The van der Waals surface area contributed by atoms with E-state index in [2.05, 4.69) is 172 Å². The van der Waals surface area contributed by atoms with Gasteiger partial charge in [0.25, 0.3) is 0 Å². The number of allylic oxidation sites excluding steroid dienone is 1. The average molecular weight is 641 g/mol. The third-order valence-electron chi connectivity index (χ3n) is 10.8. The molecule has 3 heterocycles. The normalized spacial score (nSPS) is 15.2. The first-order valence-corrected chi connectivity index (χ1v) is 17.5. The van der Waals surface area contributed by atoms with E-state index in [-0.39, 0.29) is 6.29 Å². The number of rotatable bonds is 3. The van der Waals surface area contributed by atoms with Crippen molar-refractivity contribution in [2.24, 2.45) is 4.99 Å². The molecule has 1 aliphatic heterocycles. The van der Waals surface area contributed by atoms with Gasteiger partial charge in [0.2, 0.25) is 6.29 Å². The zero-order valence-electron chi connectivity index (χ0n) is 27.3. The van der Waals surface area contributed by atoms with Crippen molar-refractivity contribution >= 4 is 72.2 Å². The van der Waals surface area contributed by atoms with Crippen LogP contribution in [0.5, 0.6) is 0 Å². The van der Waals surface area contributed by atoms with Crippen molar-refractivity contribution in [3.8, 4) is 16.8 Å². The van der Waals surface area contributed by atoms with Gasteiger partial charge in [0.1, 0.15) is 0 Å². The van der Waals surface area contributed by atoms with Gasteiger partial charge in [-0.15, -0.1) is 0 Å². The Morgan fingerprint density at radius 2 is 1.34 bits per heavy atom. The lowest BCUT2D eigenvalue weighted by atomic mass is 9.94. The van der Waals surface area contributed by atoms with Gasteiger partial charge in [-0.1, -0.05) is 109 Å². The molecule has 1 N–H and O–H groups in total. The number of hydrogen-bond acceptors (Lipinski definition) is 2. The third-order valence-corrected chi connectivity index (χ3v) is 10.8. The van der Waals surface area contributed by atoms with Crippen molar-refractivity contribution in [3.63, 3.8) is 0 Å². The number of aromatic nitrogens is 2. The molecule has 1 atom stereocenters. The highest BCUT2D eigenvalue weighted by Crippen LogP contribution is 2.47. The first-order chi connectivity index (χ1) is 24.8. The number of hydrogen-bond donors (Lipinski definition) is 1. The van der Waals surface area contributed by atoms with Gasteiger partial charge in [-0.2, -0.15) is 0 Å². The summed E-state index contributed by atoms with van der Waals surface area (Å²) in [7, 11) is 0. The molecule has 50 heavy (non-hydrogen) atoms. The topological polar surface area (TPSA) is 34.2 Å². The van der Waals surface area contributed by atoms with Crippen molar-refractivity contribution in [2.75, 3.05) is 5.32 Å². The molecule has 7 aromatic carbocycles. The Balaban J connectivity index is 1.17. The highest BCUT2D eigenvalue weighted by molar-refractivity contribution is 6.32. The van der Waals surface area contributed by atoms with E-state index < -0.39 is 0 Å². The Labute approximate surface area is 289 Å². The zero-order chi connectivity index (χ0) is 32.8. The van der Waals surface area contributed by atoms with E-state index in [0.717, 1.165) is 29.8 Å². The number of aliphatic imine (C=N–C) groups is 1. The third kappa shape index (κ3) is 3.90. The monoisotopic (exact) mass is 640 g/mol. The summed E-state index contributed by atoms with van der Waals surface area (Å²) in [6, 6.07) is 50.6. The molecular formula is C46H32N4. The molecule has 1 unspecified atom stereocenters. The van der Waals surface area contributed by atoms with Gasteiger partial charge in [-0.25, -0.2) is 4.99 Å². The van der Waals surface area contributed by atoms with E-state index in [1.807, 2.05) is 0 Å². The van der Waals surface area contributed by atoms with Gasteiger partial charge in [0.15, 0.2) is 0 Å². The molecule has 0 spiro atoms. The van der Waals surface area contributed by atoms with Gasteiger partial charge >= 0.3 is 0 Å². The molecule has 2 aromatic heterocycles. The predicted octanol–water partition coefficient (Wildman–Crippen LogP) is 11.7. The molecule has 0 amide bonds. The lowest BCUT2D eigenvalue weighted by molar-refractivity contribution is 0.602. The van der Waals surface area contributed by atoms with Gasteiger partial charge < -0.3 is 9.88 Å². The van der Waals surface area contributed by atoms with Crippen LogP contribution in [-0.2, 0) is 6.42 Å². The predicted molar refractivity (Wildman–Crippen MR) is 211 cm³/mol. The molecule has 9 aromatic rings. The minimum atomic E-state index is -0.311. The van der Waals surface area contributed by atoms with Gasteiger partial charge in [0.05, 0.1) is 16.6 Å². The Morgan fingerprint density at radius 3 is 2.22 bits per heavy atom. The lowest BCUT2D eigenvalue weighted by Gasteiger charge is -2.26. The van der Waals surface area contributed by atoms with E-state index in [1.165, 1.54) is 76.6 Å². The van der Waals surface area contributed by atoms with Crippen molar-refractivity contribution in [1.82, 2.24) is 9.13 Å². The smallest absolute Gasteiger partial charge is 0.200 e. The van der Waals surface area contributed by atoms with Crippen LogP contribution in [0, 0.1) is 0 Å². The lowest BCUT2D eigenvalue weighted by Crippen LogP contribution is -2.22. The van der Waals surface area contributed by atoms with E-state index in [4.69, 9.17) is 4.99 Å². The van der Waals surface area contributed by atoms with Gasteiger partial charge in [0, 0.05) is 45.0 Å². The second-order valence-corrected chi connectivity index (χ2v) is 13.5. The minimum absolute atomic E-state index is 0.311. The Hall–Kier alpha value is -6.39. The summed E-state index contributed by atoms with van der Waals surface area (Å²) in [4.78, 5) is 5.28. The first-order valence-electron chi connectivity index (χ1n) is 17.5. The second kappa shape index (κ2) is 10.6. The average Bonchev–Trinajstić information content (AvgIpc) is 3.72. The highest BCUT2D eigenvalue weighted by Gasteiger charge is 2.30. The molecule has 11 rings (SSSR count). The summed E-state index contributed by atoms with van der Waals surface area (Å²) in [5, 5.41) is 12.9. The number of anilines is 1. The first kappa shape index (κ1) is 27.5. The van der Waals surface area contributed by atoms with Crippen LogP contribution in [0.3, 0.4) is 0 Å². The number of para-hydroxylation sites is 2. The van der Waals surface area contributed by atoms with Crippen LogP contribution < -0.4 is 5.32 Å².